The number of rotatable bonds is 3. The maximum absolute atomic E-state index is 11.9. The molecule has 0 aliphatic rings. The number of nitrogens with one attached hydrogen (secondary N) is 1. The molecule has 2 aromatic rings. The third-order valence-electron chi connectivity index (χ3n) is 2.76. The van der Waals surface area contributed by atoms with Crippen LogP contribution in [0.3, 0.4) is 0 Å². The summed E-state index contributed by atoms with van der Waals surface area (Å²) in [5.74, 6) is -0.343. The Hall–Kier alpha value is -2.34. The fourth-order valence-electron chi connectivity index (χ4n) is 1.66. The first kappa shape index (κ1) is 14.1. The highest BCUT2D eigenvalue weighted by molar-refractivity contribution is 6.31. The first-order chi connectivity index (χ1) is 9.49. The van der Waals surface area contributed by atoms with Crippen LogP contribution in [0.25, 0.3) is 0 Å². The number of nitrogens with zero attached hydrogens (tertiary/aromatic N) is 2. The number of anilines is 2. The van der Waals surface area contributed by atoms with E-state index < -0.39 is 5.56 Å². The second-order valence-corrected chi connectivity index (χ2v) is 4.60. The maximum atomic E-state index is 11.9. The zero-order valence-corrected chi connectivity index (χ0v) is 11.5. The third kappa shape index (κ3) is 2.97. The van der Waals surface area contributed by atoms with Gasteiger partial charge in [-0.2, -0.15) is 0 Å². The number of nitrogens with two attached hydrogens (primary N) is 1. The van der Waals surface area contributed by atoms with E-state index in [9.17, 15) is 9.59 Å². The molecule has 6 nitrogen and oxygen atoms in total. The van der Waals surface area contributed by atoms with E-state index >= 15 is 0 Å². The highest BCUT2D eigenvalue weighted by Crippen LogP contribution is 2.13. The van der Waals surface area contributed by atoms with Crippen molar-refractivity contribution in [1.29, 1.82) is 0 Å². The van der Waals surface area contributed by atoms with Crippen molar-refractivity contribution in [2.24, 2.45) is 0 Å². The fourth-order valence-corrected chi connectivity index (χ4v) is 1.78. The summed E-state index contributed by atoms with van der Waals surface area (Å²) < 4.78 is 1.11. The second-order valence-electron chi connectivity index (χ2n) is 4.25. The summed E-state index contributed by atoms with van der Waals surface area (Å²) in [7, 11) is 0. The van der Waals surface area contributed by atoms with Crippen molar-refractivity contribution in [2.75, 3.05) is 11.1 Å². The Labute approximate surface area is 120 Å². The van der Waals surface area contributed by atoms with E-state index in [-0.39, 0.29) is 23.3 Å². The van der Waals surface area contributed by atoms with Crippen LogP contribution in [0.2, 0.25) is 5.15 Å². The molecule has 7 heteroatoms. The lowest BCUT2D eigenvalue weighted by molar-refractivity contribution is -0.116. The van der Waals surface area contributed by atoms with Gasteiger partial charge in [-0.15, -0.1) is 0 Å². The Balaban J connectivity index is 2.15. The van der Waals surface area contributed by atoms with Gasteiger partial charge in [0.2, 0.25) is 5.91 Å². The van der Waals surface area contributed by atoms with E-state index in [2.05, 4.69) is 10.3 Å². The van der Waals surface area contributed by atoms with Crippen LogP contribution in [0.5, 0.6) is 0 Å². The van der Waals surface area contributed by atoms with Crippen molar-refractivity contribution in [3.8, 4) is 0 Å². The predicted molar refractivity (Wildman–Crippen MR) is 77.7 cm³/mol. The van der Waals surface area contributed by atoms with Gasteiger partial charge in [0.15, 0.2) is 5.15 Å². The molecule has 0 atom stereocenters. The Morgan fingerprint density at radius 3 is 2.85 bits per heavy atom. The summed E-state index contributed by atoms with van der Waals surface area (Å²) in [6.07, 6.45) is 1.19. The average molecular weight is 293 g/mol. The van der Waals surface area contributed by atoms with Gasteiger partial charge in [-0.05, 0) is 18.6 Å². The number of para-hydroxylation sites is 1. The minimum atomic E-state index is -0.537. The number of halogens is 1. The highest BCUT2D eigenvalue weighted by atomic mass is 35.5. The molecule has 0 saturated carbocycles. The summed E-state index contributed by atoms with van der Waals surface area (Å²) >= 11 is 5.62. The molecule has 2 rings (SSSR count). The minimum absolute atomic E-state index is 0.0643. The van der Waals surface area contributed by atoms with E-state index in [1.54, 1.807) is 6.07 Å². The summed E-state index contributed by atoms with van der Waals surface area (Å²) in [6, 6.07) is 7.35. The number of hydrogen-bond acceptors (Lipinski definition) is 4. The number of hydrogen-bond donors (Lipinski definition) is 2. The summed E-state index contributed by atoms with van der Waals surface area (Å²) in [5.41, 5.74) is 6.40. The van der Waals surface area contributed by atoms with Crippen LogP contribution in [0.1, 0.15) is 5.56 Å². The lowest BCUT2D eigenvalue weighted by atomic mass is 10.2. The van der Waals surface area contributed by atoms with Gasteiger partial charge in [0.25, 0.3) is 5.56 Å². The minimum Gasteiger partial charge on any atom is -0.392 e. The Bertz CT molecular complexity index is 712. The van der Waals surface area contributed by atoms with Gasteiger partial charge in [-0.1, -0.05) is 29.8 Å². The fraction of sp³-hybridized carbons (Fsp3) is 0.154. The van der Waals surface area contributed by atoms with Gasteiger partial charge in [-0.25, -0.2) is 4.98 Å². The van der Waals surface area contributed by atoms with Crippen LogP contribution >= 0.6 is 11.6 Å². The van der Waals surface area contributed by atoms with E-state index in [1.165, 1.54) is 6.33 Å². The van der Waals surface area contributed by atoms with Gasteiger partial charge in [-0.3, -0.25) is 14.2 Å². The van der Waals surface area contributed by atoms with Gasteiger partial charge in [0.1, 0.15) is 12.2 Å². The van der Waals surface area contributed by atoms with Crippen molar-refractivity contribution in [1.82, 2.24) is 9.55 Å². The van der Waals surface area contributed by atoms with Crippen molar-refractivity contribution in [3.05, 3.63) is 51.7 Å². The number of nitrogen functional groups attached to an aromatic ring is 1. The number of amides is 1. The molecule has 20 heavy (non-hydrogen) atoms. The van der Waals surface area contributed by atoms with Gasteiger partial charge >= 0.3 is 0 Å². The van der Waals surface area contributed by atoms with Crippen LogP contribution in [0, 0.1) is 6.92 Å². The molecule has 1 aromatic carbocycles. The largest absolute Gasteiger partial charge is 0.392 e. The zero-order valence-electron chi connectivity index (χ0n) is 10.8. The van der Waals surface area contributed by atoms with Crippen molar-refractivity contribution >= 4 is 28.9 Å². The zero-order chi connectivity index (χ0) is 14.7. The summed E-state index contributed by atoms with van der Waals surface area (Å²) in [4.78, 5) is 27.4. The molecule has 3 N–H and O–H groups in total. The number of benzene rings is 1. The van der Waals surface area contributed by atoms with Gasteiger partial charge in [0.05, 0.1) is 6.33 Å². The predicted octanol–water partition coefficient (Wildman–Crippen LogP) is 1.43. The summed E-state index contributed by atoms with van der Waals surface area (Å²) in [5, 5.41) is 2.66. The maximum Gasteiger partial charge on any atom is 0.278 e. The quantitative estimate of drug-likeness (QED) is 0.837. The Morgan fingerprint density at radius 1 is 1.45 bits per heavy atom. The lowest BCUT2D eigenvalue weighted by Crippen LogP contribution is -2.29. The summed E-state index contributed by atoms with van der Waals surface area (Å²) in [6.45, 7) is 1.70. The molecule has 1 amide bonds. The van der Waals surface area contributed by atoms with Crippen LogP contribution in [0.15, 0.2) is 35.4 Å². The molecule has 1 heterocycles. The molecular weight excluding hydrogens is 280 g/mol. The molecule has 0 unspecified atom stereocenters. The van der Waals surface area contributed by atoms with E-state index in [0.29, 0.717) is 5.69 Å². The van der Waals surface area contributed by atoms with Crippen molar-refractivity contribution < 1.29 is 4.79 Å². The normalized spacial score (nSPS) is 10.3. The number of carbonyl (C=O) groups excluding carboxylic acids is 1. The topological polar surface area (TPSA) is 90.0 Å². The SMILES string of the molecule is Cc1ccccc1NC(=O)Cn1cnc(Cl)c(N)c1=O. The van der Waals surface area contributed by atoms with Crippen LogP contribution < -0.4 is 16.6 Å². The number of carbonyl (C=O) groups is 1. The Kier molecular flexibility index (Phi) is 4.05. The highest BCUT2D eigenvalue weighted by Gasteiger charge is 2.10. The molecule has 0 spiro atoms. The number of aromatic nitrogens is 2. The van der Waals surface area contributed by atoms with E-state index in [4.69, 9.17) is 17.3 Å². The van der Waals surface area contributed by atoms with E-state index in [1.807, 2.05) is 25.1 Å². The molecule has 0 aliphatic carbocycles. The standard InChI is InChI=1S/C13H13ClN4O2/c1-8-4-2-3-5-9(8)17-10(19)6-18-7-16-12(14)11(15)13(18)20/h2-5,7H,6,15H2,1H3,(H,17,19). The molecule has 1 aromatic heterocycles. The first-order valence-corrected chi connectivity index (χ1v) is 6.22. The monoisotopic (exact) mass is 292 g/mol. The Morgan fingerprint density at radius 2 is 2.15 bits per heavy atom. The molecule has 104 valence electrons. The van der Waals surface area contributed by atoms with Gasteiger partial charge in [0, 0.05) is 5.69 Å². The lowest BCUT2D eigenvalue weighted by Gasteiger charge is -2.09. The molecule has 0 fully saturated rings. The van der Waals surface area contributed by atoms with Crippen molar-refractivity contribution in [3.63, 3.8) is 0 Å². The van der Waals surface area contributed by atoms with Crippen molar-refractivity contribution in [2.45, 2.75) is 13.5 Å². The van der Waals surface area contributed by atoms with Crippen LogP contribution in [-0.2, 0) is 11.3 Å². The average Bonchev–Trinajstić information content (AvgIpc) is 2.42. The molecule has 0 bridgehead atoms. The third-order valence-corrected chi connectivity index (χ3v) is 3.06. The first-order valence-electron chi connectivity index (χ1n) is 5.85. The van der Waals surface area contributed by atoms with Crippen LogP contribution in [0.4, 0.5) is 11.4 Å². The van der Waals surface area contributed by atoms with Gasteiger partial charge < -0.3 is 11.1 Å². The molecule has 0 saturated heterocycles. The van der Waals surface area contributed by atoms with E-state index in [0.717, 1.165) is 10.1 Å². The number of aryl methyl sites for hydroxylation is 1. The second kappa shape index (κ2) is 5.75. The molecule has 0 aliphatic heterocycles. The van der Waals surface area contributed by atoms with Crippen LogP contribution in [-0.4, -0.2) is 15.5 Å². The smallest absolute Gasteiger partial charge is 0.278 e. The molecular formula is C13H13ClN4O2. The molecule has 0 radical (unpaired) electrons.